The van der Waals surface area contributed by atoms with Crippen LogP contribution in [0.2, 0.25) is 5.02 Å². The number of esters is 3. The van der Waals surface area contributed by atoms with E-state index in [-0.39, 0.29) is 13.2 Å². The van der Waals surface area contributed by atoms with Gasteiger partial charge in [0.25, 0.3) is 0 Å². The number of thioether (sulfide) groups is 1. The molecule has 0 aliphatic carbocycles. The molecule has 1 aromatic heterocycles. The van der Waals surface area contributed by atoms with Crippen LogP contribution in [0.4, 0.5) is 0 Å². The molecule has 3 rings (SSSR count). The van der Waals surface area contributed by atoms with Gasteiger partial charge in [-0.2, -0.15) is 0 Å². The fourth-order valence-corrected chi connectivity index (χ4v) is 5.45. The molecule has 13 nitrogen and oxygen atoms in total. The Hall–Kier alpha value is -3.36. The lowest BCUT2D eigenvalue weighted by Gasteiger charge is -2.44. The number of carbonyl (C=O) groups excluding carboxylic acids is 4. The van der Waals surface area contributed by atoms with Crippen molar-refractivity contribution in [2.24, 2.45) is 0 Å². The second-order valence-electron chi connectivity index (χ2n) is 8.70. The molecule has 1 N–H and O–H groups in total. The predicted molar refractivity (Wildman–Crippen MR) is 141 cm³/mol. The van der Waals surface area contributed by atoms with Crippen LogP contribution in [0.15, 0.2) is 29.4 Å². The summed E-state index contributed by atoms with van der Waals surface area (Å²) in [6, 6.07) is 6.05. The Morgan fingerprint density at radius 2 is 1.70 bits per heavy atom. The first-order chi connectivity index (χ1) is 19.0. The van der Waals surface area contributed by atoms with E-state index in [1.54, 1.807) is 28.8 Å². The zero-order valence-corrected chi connectivity index (χ0v) is 24.2. The van der Waals surface area contributed by atoms with Crippen molar-refractivity contribution in [3.63, 3.8) is 0 Å². The number of benzene rings is 1. The van der Waals surface area contributed by atoms with E-state index in [0.717, 1.165) is 11.8 Å². The van der Waals surface area contributed by atoms with Crippen LogP contribution in [0.5, 0.6) is 5.75 Å². The number of amides is 1. The summed E-state index contributed by atoms with van der Waals surface area (Å²) in [5.74, 6) is -1.40. The van der Waals surface area contributed by atoms with Crippen molar-refractivity contribution in [2.75, 3.05) is 6.61 Å². The van der Waals surface area contributed by atoms with Crippen molar-refractivity contribution >= 4 is 47.2 Å². The Kier molecular flexibility index (Phi) is 11.2. The molecular weight excluding hydrogens is 568 g/mol. The topological polar surface area (TPSA) is 157 Å². The summed E-state index contributed by atoms with van der Waals surface area (Å²) >= 11 is 7.29. The Morgan fingerprint density at radius 3 is 2.30 bits per heavy atom. The number of hydrogen-bond donors (Lipinski definition) is 1. The molecule has 0 radical (unpaired) electrons. The number of nitrogens with one attached hydrogen (secondary N) is 1. The standard InChI is InChI=1S/C25H31ClN4O9S/c1-6-30-20(12-36-18-10-8-7-9-17(18)26)28-29-25(30)40-24-21(27-13(2)31)23(38-16(5)34)22(37-15(4)33)19(39-24)11-35-14(3)32/h7-10,19,21-24H,6,11-12H2,1-5H3,(H,27,31)/t19-,21-,22-,23-,24-/m1/s1. The van der Waals surface area contributed by atoms with Crippen LogP contribution in [0.25, 0.3) is 0 Å². The van der Waals surface area contributed by atoms with Crippen molar-refractivity contribution in [1.82, 2.24) is 20.1 Å². The third-order valence-electron chi connectivity index (χ3n) is 5.60. The first kappa shape index (κ1) is 31.2. The normalized spacial score (nSPS) is 22.2. The molecule has 1 amide bonds. The highest BCUT2D eigenvalue weighted by atomic mass is 35.5. The molecule has 0 saturated carbocycles. The molecule has 2 aromatic rings. The third kappa shape index (κ3) is 8.32. The van der Waals surface area contributed by atoms with Gasteiger partial charge in [-0.15, -0.1) is 10.2 Å². The van der Waals surface area contributed by atoms with Crippen LogP contribution < -0.4 is 10.1 Å². The van der Waals surface area contributed by atoms with Gasteiger partial charge in [-0.1, -0.05) is 35.5 Å². The van der Waals surface area contributed by atoms with E-state index < -0.39 is 53.6 Å². The number of carbonyl (C=O) groups is 4. The Bertz CT molecular complexity index is 1230. The molecule has 0 bridgehead atoms. The fourth-order valence-electron chi connectivity index (χ4n) is 4.03. The molecule has 0 unspecified atom stereocenters. The van der Waals surface area contributed by atoms with Crippen molar-refractivity contribution < 1.29 is 42.9 Å². The average Bonchev–Trinajstić information content (AvgIpc) is 3.26. The average molecular weight is 599 g/mol. The maximum atomic E-state index is 12.2. The zero-order chi connectivity index (χ0) is 29.4. The zero-order valence-electron chi connectivity index (χ0n) is 22.6. The van der Waals surface area contributed by atoms with E-state index in [0.29, 0.717) is 28.3 Å². The highest BCUT2D eigenvalue weighted by Gasteiger charge is 2.51. The summed E-state index contributed by atoms with van der Waals surface area (Å²) in [4.78, 5) is 47.8. The minimum absolute atomic E-state index is 0.0749. The highest BCUT2D eigenvalue weighted by molar-refractivity contribution is 7.99. The molecule has 15 heteroatoms. The summed E-state index contributed by atoms with van der Waals surface area (Å²) in [5.41, 5.74) is -0.924. The molecule has 1 fully saturated rings. The van der Waals surface area contributed by atoms with Gasteiger partial charge in [-0.05, 0) is 19.1 Å². The smallest absolute Gasteiger partial charge is 0.303 e. The van der Waals surface area contributed by atoms with Crippen molar-refractivity contribution in [2.45, 2.75) is 82.7 Å². The van der Waals surface area contributed by atoms with Gasteiger partial charge < -0.3 is 33.6 Å². The molecule has 1 aromatic carbocycles. The maximum Gasteiger partial charge on any atom is 0.303 e. The summed E-state index contributed by atoms with van der Waals surface area (Å²) in [6.45, 7) is 7.01. The van der Waals surface area contributed by atoms with Gasteiger partial charge in [0, 0.05) is 34.2 Å². The minimum Gasteiger partial charge on any atom is -0.484 e. The number of rotatable bonds is 11. The van der Waals surface area contributed by atoms with Crippen LogP contribution in [-0.4, -0.2) is 75.0 Å². The molecule has 0 spiro atoms. The van der Waals surface area contributed by atoms with Crippen LogP contribution in [0, 0.1) is 0 Å². The molecule has 1 aliphatic heterocycles. The van der Waals surface area contributed by atoms with E-state index in [1.807, 2.05) is 6.92 Å². The van der Waals surface area contributed by atoms with Gasteiger partial charge in [-0.3, -0.25) is 19.2 Å². The van der Waals surface area contributed by atoms with Crippen molar-refractivity contribution in [1.29, 1.82) is 0 Å². The Labute approximate surface area is 240 Å². The van der Waals surface area contributed by atoms with E-state index in [2.05, 4.69) is 15.5 Å². The van der Waals surface area contributed by atoms with Gasteiger partial charge in [0.1, 0.15) is 36.5 Å². The van der Waals surface area contributed by atoms with Crippen LogP contribution in [-0.2, 0) is 51.3 Å². The van der Waals surface area contributed by atoms with Gasteiger partial charge >= 0.3 is 17.9 Å². The van der Waals surface area contributed by atoms with Gasteiger partial charge in [0.2, 0.25) is 5.91 Å². The first-order valence-electron chi connectivity index (χ1n) is 12.4. The van der Waals surface area contributed by atoms with Crippen LogP contribution >= 0.6 is 23.4 Å². The number of hydrogen-bond acceptors (Lipinski definition) is 12. The van der Waals surface area contributed by atoms with Gasteiger partial charge in [0.15, 0.2) is 23.2 Å². The lowest BCUT2D eigenvalue weighted by Crippen LogP contribution is -2.65. The largest absolute Gasteiger partial charge is 0.484 e. The number of nitrogens with zero attached hydrogens (tertiary/aromatic N) is 3. The lowest BCUT2D eigenvalue weighted by atomic mass is 9.97. The lowest BCUT2D eigenvalue weighted by molar-refractivity contribution is -0.211. The number of halogens is 1. The third-order valence-corrected chi connectivity index (χ3v) is 7.06. The number of aromatic nitrogens is 3. The fraction of sp³-hybridized carbons (Fsp3) is 0.520. The summed E-state index contributed by atoms with van der Waals surface area (Å²) < 4.78 is 29.9. The molecule has 1 aliphatic rings. The van der Waals surface area contributed by atoms with E-state index >= 15 is 0 Å². The van der Waals surface area contributed by atoms with E-state index in [4.69, 9.17) is 35.3 Å². The van der Waals surface area contributed by atoms with E-state index in [1.165, 1.54) is 27.7 Å². The van der Waals surface area contributed by atoms with Crippen LogP contribution in [0.1, 0.15) is 40.4 Å². The SMILES string of the molecule is CCn1c(COc2ccccc2Cl)nnc1S[C@H]1O[C@H](COC(C)=O)[C@@H](OC(C)=O)[C@H](OC(C)=O)[C@H]1NC(C)=O. The Morgan fingerprint density at radius 1 is 1.02 bits per heavy atom. The Balaban J connectivity index is 1.93. The summed E-state index contributed by atoms with van der Waals surface area (Å²) in [6.07, 6.45) is -3.38. The van der Waals surface area contributed by atoms with Crippen molar-refractivity contribution in [3.8, 4) is 5.75 Å². The molecular formula is C25H31ClN4O9S. The molecule has 218 valence electrons. The summed E-state index contributed by atoms with van der Waals surface area (Å²) in [7, 11) is 0. The van der Waals surface area contributed by atoms with Gasteiger partial charge in [0.05, 0.1) is 5.02 Å². The molecule has 1 saturated heterocycles. The minimum atomic E-state index is -1.18. The maximum absolute atomic E-state index is 12.2. The second kappa shape index (κ2) is 14.3. The number of ether oxygens (including phenoxy) is 5. The monoisotopic (exact) mass is 598 g/mol. The highest BCUT2D eigenvalue weighted by Crippen LogP contribution is 2.36. The van der Waals surface area contributed by atoms with E-state index in [9.17, 15) is 19.2 Å². The quantitative estimate of drug-likeness (QED) is 0.298. The summed E-state index contributed by atoms with van der Waals surface area (Å²) in [5, 5.41) is 12.1. The van der Waals surface area contributed by atoms with Crippen molar-refractivity contribution in [3.05, 3.63) is 35.1 Å². The first-order valence-corrected chi connectivity index (χ1v) is 13.6. The van der Waals surface area contributed by atoms with Crippen LogP contribution in [0.3, 0.4) is 0 Å². The number of para-hydroxylation sites is 1. The molecule has 5 atom stereocenters. The second-order valence-corrected chi connectivity index (χ2v) is 10.2. The molecule has 2 heterocycles. The predicted octanol–water partition coefficient (Wildman–Crippen LogP) is 2.28. The van der Waals surface area contributed by atoms with Gasteiger partial charge in [-0.25, -0.2) is 0 Å². The molecule has 40 heavy (non-hydrogen) atoms.